The second kappa shape index (κ2) is 7.31. The highest BCUT2D eigenvalue weighted by Crippen LogP contribution is 2.23. The number of benzene rings is 1. The monoisotopic (exact) mass is 274 g/mol. The highest BCUT2D eigenvalue weighted by atomic mass is 16.5. The van der Waals surface area contributed by atoms with E-state index in [1.807, 2.05) is 13.8 Å². The summed E-state index contributed by atoms with van der Waals surface area (Å²) in [7, 11) is 0. The van der Waals surface area contributed by atoms with Gasteiger partial charge in [-0.1, -0.05) is 13.0 Å². The largest absolute Gasteiger partial charge is 0.493 e. The van der Waals surface area contributed by atoms with Crippen LogP contribution in [0.1, 0.15) is 43.4 Å². The minimum atomic E-state index is -0.449. The molecule has 110 valence electrons. The lowest BCUT2D eigenvalue weighted by Gasteiger charge is -2.22. The molecule has 1 atom stereocenters. The molecule has 3 nitrogen and oxygen atoms in total. The fraction of sp³-hybridized carbons (Fsp3) is 0.588. The Morgan fingerprint density at radius 2 is 2.00 bits per heavy atom. The summed E-state index contributed by atoms with van der Waals surface area (Å²) in [4.78, 5) is 0. The minimum Gasteiger partial charge on any atom is -0.493 e. The first-order valence-corrected chi connectivity index (χ1v) is 7.29. The number of nitrogens with zero attached hydrogens (tertiary/aromatic N) is 1. The van der Waals surface area contributed by atoms with Crippen molar-refractivity contribution in [2.24, 2.45) is 0 Å². The molecule has 0 saturated carbocycles. The van der Waals surface area contributed by atoms with Crippen LogP contribution in [-0.2, 0) is 0 Å². The molecule has 0 saturated heterocycles. The van der Waals surface area contributed by atoms with Crippen LogP contribution >= 0.6 is 0 Å². The third kappa shape index (κ3) is 4.54. The maximum atomic E-state index is 9.20. The van der Waals surface area contributed by atoms with E-state index in [4.69, 9.17) is 4.74 Å². The Morgan fingerprint density at radius 3 is 2.60 bits per heavy atom. The normalized spacial score (nSPS) is 13.6. The third-order valence-corrected chi connectivity index (χ3v) is 3.66. The van der Waals surface area contributed by atoms with Crippen molar-refractivity contribution in [1.29, 1.82) is 5.26 Å². The summed E-state index contributed by atoms with van der Waals surface area (Å²) in [5.41, 5.74) is 3.23. The molecule has 1 aromatic rings. The zero-order valence-electron chi connectivity index (χ0n) is 13.3. The van der Waals surface area contributed by atoms with E-state index in [0.29, 0.717) is 6.61 Å². The molecule has 20 heavy (non-hydrogen) atoms. The van der Waals surface area contributed by atoms with Gasteiger partial charge in [-0.25, -0.2) is 0 Å². The average molecular weight is 274 g/mol. The highest BCUT2D eigenvalue weighted by molar-refractivity contribution is 5.41. The van der Waals surface area contributed by atoms with E-state index in [9.17, 15) is 5.26 Å². The molecule has 1 rings (SSSR count). The van der Waals surface area contributed by atoms with Crippen molar-refractivity contribution in [3.63, 3.8) is 0 Å². The first kappa shape index (κ1) is 16.5. The molecule has 0 aliphatic heterocycles. The molecule has 1 N–H and O–H groups in total. The van der Waals surface area contributed by atoms with Crippen LogP contribution in [0, 0.1) is 32.1 Å². The second-order valence-electron chi connectivity index (χ2n) is 5.63. The van der Waals surface area contributed by atoms with Gasteiger partial charge in [0.1, 0.15) is 11.3 Å². The molecule has 0 aliphatic carbocycles. The Kier molecular flexibility index (Phi) is 6.04. The topological polar surface area (TPSA) is 45.0 Å². The molecule has 0 aliphatic rings. The van der Waals surface area contributed by atoms with Gasteiger partial charge in [-0.2, -0.15) is 5.26 Å². The van der Waals surface area contributed by atoms with Crippen LogP contribution in [0.4, 0.5) is 0 Å². The van der Waals surface area contributed by atoms with Crippen molar-refractivity contribution < 1.29 is 4.74 Å². The Bertz CT molecular complexity index is 490. The summed E-state index contributed by atoms with van der Waals surface area (Å²) < 4.78 is 5.88. The third-order valence-electron chi connectivity index (χ3n) is 3.66. The fourth-order valence-electron chi connectivity index (χ4n) is 2.33. The molecular weight excluding hydrogens is 248 g/mol. The van der Waals surface area contributed by atoms with Crippen LogP contribution in [0.25, 0.3) is 0 Å². The summed E-state index contributed by atoms with van der Waals surface area (Å²) in [5.74, 6) is 0.963. The molecule has 0 spiro atoms. The van der Waals surface area contributed by atoms with Crippen molar-refractivity contribution in [2.45, 2.75) is 53.0 Å². The maximum Gasteiger partial charge on any atom is 0.122 e. The van der Waals surface area contributed by atoms with Crippen LogP contribution in [0.15, 0.2) is 12.1 Å². The number of hydrogen-bond donors (Lipinski definition) is 1. The van der Waals surface area contributed by atoms with Gasteiger partial charge in [0.05, 0.1) is 12.7 Å². The Hall–Kier alpha value is -1.53. The molecule has 3 heteroatoms. The molecular formula is C17H26N2O. The number of nitriles is 1. The fourth-order valence-corrected chi connectivity index (χ4v) is 2.33. The molecule has 0 aromatic heterocycles. The molecule has 0 bridgehead atoms. The highest BCUT2D eigenvalue weighted by Gasteiger charge is 2.21. The van der Waals surface area contributed by atoms with E-state index < -0.39 is 5.54 Å². The van der Waals surface area contributed by atoms with E-state index >= 15 is 0 Å². The van der Waals surface area contributed by atoms with Crippen LogP contribution in [-0.4, -0.2) is 18.7 Å². The lowest BCUT2D eigenvalue weighted by atomic mass is 9.98. The number of ether oxygens (including phenoxy) is 1. The molecule has 1 unspecified atom stereocenters. The Balaban J connectivity index is 2.52. The Labute approximate surface area is 123 Å². The van der Waals surface area contributed by atoms with Gasteiger partial charge in [0.2, 0.25) is 0 Å². The molecule has 0 amide bonds. The van der Waals surface area contributed by atoms with Crippen molar-refractivity contribution in [3.8, 4) is 11.8 Å². The van der Waals surface area contributed by atoms with E-state index in [1.165, 1.54) is 16.7 Å². The van der Waals surface area contributed by atoms with Crippen molar-refractivity contribution in [2.75, 3.05) is 13.2 Å². The maximum absolute atomic E-state index is 9.20. The summed E-state index contributed by atoms with van der Waals surface area (Å²) in [5, 5.41) is 12.4. The van der Waals surface area contributed by atoms with Gasteiger partial charge < -0.3 is 4.74 Å². The molecule has 0 heterocycles. The predicted octanol–water partition coefficient (Wildman–Crippen LogP) is 3.66. The van der Waals surface area contributed by atoms with Crippen LogP contribution in [0.5, 0.6) is 5.75 Å². The summed E-state index contributed by atoms with van der Waals surface area (Å²) in [6.45, 7) is 11.7. The molecule has 1 aromatic carbocycles. The van der Waals surface area contributed by atoms with Crippen molar-refractivity contribution in [3.05, 3.63) is 28.8 Å². The first-order valence-electron chi connectivity index (χ1n) is 7.29. The van der Waals surface area contributed by atoms with Crippen molar-refractivity contribution in [1.82, 2.24) is 5.32 Å². The standard InChI is InChI=1S/C17H26N2O/c1-6-19-17(5,12-18)8-7-9-20-16-11-13(2)10-14(3)15(16)4/h10-11,19H,6-9H2,1-5H3. The van der Waals surface area contributed by atoms with Gasteiger partial charge in [0.15, 0.2) is 0 Å². The van der Waals surface area contributed by atoms with Gasteiger partial charge in [-0.15, -0.1) is 0 Å². The van der Waals surface area contributed by atoms with E-state index in [2.05, 4.69) is 44.3 Å². The van der Waals surface area contributed by atoms with E-state index in [1.54, 1.807) is 0 Å². The van der Waals surface area contributed by atoms with E-state index in [-0.39, 0.29) is 0 Å². The number of hydrogen-bond acceptors (Lipinski definition) is 3. The number of nitrogens with one attached hydrogen (secondary N) is 1. The quantitative estimate of drug-likeness (QED) is 0.772. The lowest BCUT2D eigenvalue weighted by Crippen LogP contribution is -2.40. The number of rotatable bonds is 7. The second-order valence-corrected chi connectivity index (χ2v) is 5.63. The van der Waals surface area contributed by atoms with Crippen molar-refractivity contribution >= 4 is 0 Å². The summed E-state index contributed by atoms with van der Waals surface area (Å²) in [6.07, 6.45) is 1.66. The van der Waals surface area contributed by atoms with Crippen LogP contribution < -0.4 is 10.1 Å². The van der Waals surface area contributed by atoms with Crippen LogP contribution in [0.3, 0.4) is 0 Å². The summed E-state index contributed by atoms with van der Waals surface area (Å²) in [6, 6.07) is 6.59. The number of aryl methyl sites for hydroxylation is 2. The molecule has 0 fully saturated rings. The SMILES string of the molecule is CCNC(C)(C#N)CCCOc1cc(C)cc(C)c1C. The van der Waals surface area contributed by atoms with Gasteiger partial charge >= 0.3 is 0 Å². The zero-order valence-corrected chi connectivity index (χ0v) is 13.3. The average Bonchev–Trinajstić information content (AvgIpc) is 2.40. The van der Waals surface area contributed by atoms with Gasteiger partial charge in [0.25, 0.3) is 0 Å². The van der Waals surface area contributed by atoms with Gasteiger partial charge in [-0.05, 0) is 69.8 Å². The molecule has 0 radical (unpaired) electrons. The van der Waals surface area contributed by atoms with Gasteiger partial charge in [-0.3, -0.25) is 5.32 Å². The summed E-state index contributed by atoms with van der Waals surface area (Å²) >= 11 is 0. The smallest absolute Gasteiger partial charge is 0.122 e. The van der Waals surface area contributed by atoms with Gasteiger partial charge in [0, 0.05) is 0 Å². The minimum absolute atomic E-state index is 0.449. The van der Waals surface area contributed by atoms with Crippen LogP contribution in [0.2, 0.25) is 0 Å². The Morgan fingerprint density at radius 1 is 1.30 bits per heavy atom. The first-order chi connectivity index (χ1) is 9.41. The van der Waals surface area contributed by atoms with E-state index in [0.717, 1.165) is 25.1 Å². The lowest BCUT2D eigenvalue weighted by molar-refractivity contribution is 0.284. The zero-order chi connectivity index (χ0) is 15.2. The predicted molar refractivity (Wildman–Crippen MR) is 83.1 cm³/mol.